The van der Waals surface area contributed by atoms with Crippen molar-refractivity contribution in [2.45, 2.75) is 32.6 Å². The summed E-state index contributed by atoms with van der Waals surface area (Å²) in [5, 5.41) is 8.53. The first kappa shape index (κ1) is 27.7. The van der Waals surface area contributed by atoms with Crippen LogP contribution in [0.25, 0.3) is 0 Å². The molecule has 1 N–H and O–H groups in total. The van der Waals surface area contributed by atoms with Gasteiger partial charge in [0.25, 0.3) is 0 Å². The van der Waals surface area contributed by atoms with E-state index in [1.165, 1.54) is 19.3 Å². The van der Waals surface area contributed by atoms with Crippen molar-refractivity contribution in [3.8, 4) is 0 Å². The fraction of sp³-hybridized carbons (Fsp3) is 1.00. The maximum Gasteiger partial charge on any atom is 0.0701 e. The van der Waals surface area contributed by atoms with Crippen molar-refractivity contribution in [2.75, 3.05) is 99.1 Å². The Bertz CT molecular complexity index is 243. The predicted molar refractivity (Wildman–Crippen MR) is 107 cm³/mol. The van der Waals surface area contributed by atoms with Gasteiger partial charge in [-0.3, -0.25) is 0 Å². The molecule has 28 heavy (non-hydrogen) atoms. The highest BCUT2D eigenvalue weighted by atomic mass is 16.6. The van der Waals surface area contributed by atoms with Crippen molar-refractivity contribution < 1.29 is 38.3 Å². The van der Waals surface area contributed by atoms with Crippen molar-refractivity contribution in [2.24, 2.45) is 0 Å². The van der Waals surface area contributed by atoms with Crippen LogP contribution < -0.4 is 0 Å². The summed E-state index contributed by atoms with van der Waals surface area (Å²) in [6.45, 7) is 10.0. The SMILES string of the molecule is CCCCCCOCCOCCOCCOCCOCCOCCOCCO. The lowest BCUT2D eigenvalue weighted by Crippen LogP contribution is -2.14. The van der Waals surface area contributed by atoms with Gasteiger partial charge in [-0.1, -0.05) is 26.2 Å². The maximum absolute atomic E-state index is 8.53. The van der Waals surface area contributed by atoms with E-state index >= 15 is 0 Å². The van der Waals surface area contributed by atoms with Gasteiger partial charge in [0.2, 0.25) is 0 Å². The molecular weight excluding hydrogens is 368 g/mol. The van der Waals surface area contributed by atoms with Crippen LogP contribution in [0.15, 0.2) is 0 Å². The molecule has 0 radical (unpaired) electrons. The van der Waals surface area contributed by atoms with E-state index in [0.29, 0.717) is 85.9 Å². The van der Waals surface area contributed by atoms with Crippen molar-refractivity contribution >= 4 is 0 Å². The number of hydrogen-bond donors (Lipinski definition) is 1. The second kappa shape index (κ2) is 26.7. The van der Waals surface area contributed by atoms with Crippen LogP contribution in [0.4, 0.5) is 0 Å². The first-order chi connectivity index (χ1) is 13.9. The Labute approximate surface area is 170 Å². The second-order valence-electron chi connectivity index (χ2n) is 6.07. The predicted octanol–water partition coefficient (Wildman–Crippen LogP) is 1.68. The number of aliphatic hydroxyl groups excluding tert-OH is 1. The Hall–Kier alpha value is -0.320. The van der Waals surface area contributed by atoms with Crippen LogP contribution >= 0.6 is 0 Å². The Morgan fingerprint density at radius 1 is 0.393 bits per heavy atom. The van der Waals surface area contributed by atoms with Gasteiger partial charge in [0.05, 0.1) is 92.5 Å². The highest BCUT2D eigenvalue weighted by Crippen LogP contribution is 1.98. The molecule has 0 rings (SSSR count). The second-order valence-corrected chi connectivity index (χ2v) is 6.07. The first-order valence-electron chi connectivity index (χ1n) is 10.6. The van der Waals surface area contributed by atoms with E-state index in [1.807, 2.05) is 0 Å². The lowest BCUT2D eigenvalue weighted by molar-refractivity contribution is -0.0215. The smallest absolute Gasteiger partial charge is 0.0701 e. The molecule has 0 aliphatic heterocycles. The van der Waals surface area contributed by atoms with Crippen molar-refractivity contribution in [1.82, 2.24) is 0 Å². The molecule has 0 aliphatic carbocycles. The van der Waals surface area contributed by atoms with Gasteiger partial charge >= 0.3 is 0 Å². The van der Waals surface area contributed by atoms with E-state index in [-0.39, 0.29) is 6.61 Å². The number of aliphatic hydroxyl groups is 1. The Balaban J connectivity index is 2.96. The van der Waals surface area contributed by atoms with Gasteiger partial charge in [-0.15, -0.1) is 0 Å². The maximum atomic E-state index is 8.53. The molecule has 0 unspecified atom stereocenters. The van der Waals surface area contributed by atoms with Gasteiger partial charge in [0.15, 0.2) is 0 Å². The summed E-state index contributed by atoms with van der Waals surface area (Å²) in [6.07, 6.45) is 4.92. The third-order valence-corrected chi connectivity index (χ3v) is 3.61. The molecule has 0 aliphatic rings. The average Bonchev–Trinajstić information content (AvgIpc) is 2.71. The molecule has 0 amide bonds. The minimum absolute atomic E-state index is 0.0384. The molecular formula is C20H42O8. The summed E-state index contributed by atoms with van der Waals surface area (Å²) in [7, 11) is 0. The van der Waals surface area contributed by atoms with Crippen molar-refractivity contribution in [3.63, 3.8) is 0 Å². The highest BCUT2D eigenvalue weighted by molar-refractivity contribution is 4.40. The van der Waals surface area contributed by atoms with Crippen LogP contribution in [0.3, 0.4) is 0 Å². The van der Waals surface area contributed by atoms with E-state index in [9.17, 15) is 0 Å². The minimum atomic E-state index is 0.0384. The van der Waals surface area contributed by atoms with E-state index in [2.05, 4.69) is 6.92 Å². The third kappa shape index (κ3) is 25.7. The molecule has 0 spiro atoms. The quantitative estimate of drug-likeness (QED) is 0.228. The summed E-state index contributed by atoms with van der Waals surface area (Å²) in [6, 6.07) is 0. The molecule has 0 heterocycles. The summed E-state index contributed by atoms with van der Waals surface area (Å²) < 4.78 is 37.5. The van der Waals surface area contributed by atoms with Crippen molar-refractivity contribution in [3.05, 3.63) is 0 Å². The molecule has 0 fully saturated rings. The van der Waals surface area contributed by atoms with Crippen LogP contribution in [0, 0.1) is 0 Å². The molecule has 0 bridgehead atoms. The molecule has 170 valence electrons. The number of unbranched alkanes of at least 4 members (excludes halogenated alkanes) is 3. The highest BCUT2D eigenvalue weighted by Gasteiger charge is 1.94. The van der Waals surface area contributed by atoms with Crippen LogP contribution in [0.1, 0.15) is 32.6 Å². The molecule has 8 nitrogen and oxygen atoms in total. The standard InChI is InChI=1S/C20H42O8/c1-2-3-4-5-7-22-9-11-24-13-15-26-17-19-28-20-18-27-16-14-25-12-10-23-8-6-21/h21H,2-20H2,1H3. The number of ether oxygens (including phenoxy) is 7. The average molecular weight is 411 g/mol. The number of hydrogen-bond acceptors (Lipinski definition) is 8. The zero-order chi connectivity index (χ0) is 20.4. The lowest BCUT2D eigenvalue weighted by atomic mass is 10.2. The van der Waals surface area contributed by atoms with Gasteiger partial charge < -0.3 is 38.3 Å². The fourth-order valence-electron chi connectivity index (χ4n) is 2.12. The molecule has 0 atom stereocenters. The molecule has 0 saturated carbocycles. The Kier molecular flexibility index (Phi) is 26.4. The monoisotopic (exact) mass is 410 g/mol. The van der Waals surface area contributed by atoms with Gasteiger partial charge in [-0.05, 0) is 6.42 Å². The zero-order valence-corrected chi connectivity index (χ0v) is 17.7. The van der Waals surface area contributed by atoms with Crippen molar-refractivity contribution in [1.29, 1.82) is 0 Å². The Morgan fingerprint density at radius 3 is 1.04 bits per heavy atom. The van der Waals surface area contributed by atoms with Crippen LogP contribution in [-0.2, 0) is 33.2 Å². The van der Waals surface area contributed by atoms with E-state index in [4.69, 9.17) is 38.3 Å². The summed E-state index contributed by atoms with van der Waals surface area (Å²) >= 11 is 0. The van der Waals surface area contributed by atoms with E-state index in [1.54, 1.807) is 0 Å². The summed E-state index contributed by atoms with van der Waals surface area (Å²) in [4.78, 5) is 0. The van der Waals surface area contributed by atoms with Crippen LogP contribution in [-0.4, -0.2) is 104 Å². The molecule has 8 heteroatoms. The largest absolute Gasteiger partial charge is 0.394 e. The van der Waals surface area contributed by atoms with Gasteiger partial charge in [-0.25, -0.2) is 0 Å². The summed E-state index contributed by atoms with van der Waals surface area (Å²) in [5.74, 6) is 0. The Morgan fingerprint density at radius 2 is 0.714 bits per heavy atom. The zero-order valence-electron chi connectivity index (χ0n) is 17.7. The summed E-state index contributed by atoms with van der Waals surface area (Å²) in [5.41, 5.74) is 0. The normalized spacial score (nSPS) is 11.4. The topological polar surface area (TPSA) is 84.8 Å². The molecule has 0 aromatic heterocycles. The van der Waals surface area contributed by atoms with Gasteiger partial charge in [0.1, 0.15) is 0 Å². The fourth-order valence-corrected chi connectivity index (χ4v) is 2.12. The molecule has 0 aromatic carbocycles. The number of rotatable bonds is 25. The van der Waals surface area contributed by atoms with Crippen LogP contribution in [0.5, 0.6) is 0 Å². The minimum Gasteiger partial charge on any atom is -0.394 e. The van der Waals surface area contributed by atoms with Gasteiger partial charge in [0, 0.05) is 6.61 Å². The first-order valence-corrected chi connectivity index (χ1v) is 10.6. The van der Waals surface area contributed by atoms with Crippen LogP contribution in [0.2, 0.25) is 0 Å². The molecule has 0 saturated heterocycles. The van der Waals surface area contributed by atoms with E-state index in [0.717, 1.165) is 13.0 Å². The third-order valence-electron chi connectivity index (χ3n) is 3.61. The van der Waals surface area contributed by atoms with Gasteiger partial charge in [-0.2, -0.15) is 0 Å². The van der Waals surface area contributed by atoms with E-state index < -0.39 is 0 Å². The molecule has 0 aromatic rings. The lowest BCUT2D eigenvalue weighted by Gasteiger charge is -2.08.